The number of piperazine rings is 1. The largest absolute Gasteiger partial charge is 0.496 e. The third-order valence-electron chi connectivity index (χ3n) is 13.9. The second kappa shape index (κ2) is 19.8. The Kier molecular flexibility index (Phi) is 13.9. The van der Waals surface area contributed by atoms with Gasteiger partial charge in [0.2, 0.25) is 11.8 Å². The predicted molar refractivity (Wildman–Crippen MR) is 245 cm³/mol. The molecule has 17 nitrogen and oxygen atoms in total. The van der Waals surface area contributed by atoms with Crippen LogP contribution in [0.25, 0.3) is 11.1 Å². The standard InChI is InChI=1S/C48H63N9O8/c1-51(2)28-39-41(64-4)24-32(25-42(39)65-5)37-29-52(3)45(60)38-30-56(19-14-34(37)38)48(63)49-27-31-12-17-53(18-13-31)15-6-7-16-54-20-22-55(23-21-54)33-8-9-35-36(26-33)47(62)57(46(35)61)40-10-11-43(58)50-44(40)59/h8-9,24-26,29,31,40H,6-7,10-23,27-28,30H2,1-5H3,(H,49,63)(H,50,58,59). The van der Waals surface area contributed by atoms with Crippen molar-refractivity contribution < 1.29 is 33.4 Å². The summed E-state index contributed by atoms with van der Waals surface area (Å²) in [5, 5.41) is 5.44. The van der Waals surface area contributed by atoms with Gasteiger partial charge in [0.25, 0.3) is 17.4 Å². The van der Waals surface area contributed by atoms with E-state index in [4.69, 9.17) is 9.47 Å². The fourth-order valence-corrected chi connectivity index (χ4v) is 10.1. The van der Waals surface area contributed by atoms with Gasteiger partial charge >= 0.3 is 6.03 Å². The number of anilines is 1. The zero-order valence-electron chi connectivity index (χ0n) is 38.5. The number of nitrogens with zero attached hydrogens (tertiary/aromatic N) is 7. The van der Waals surface area contributed by atoms with E-state index in [0.29, 0.717) is 48.7 Å². The van der Waals surface area contributed by atoms with Crippen LogP contribution in [0.4, 0.5) is 10.5 Å². The van der Waals surface area contributed by atoms with Crippen LogP contribution in [0.15, 0.2) is 41.3 Å². The summed E-state index contributed by atoms with van der Waals surface area (Å²) >= 11 is 0. The van der Waals surface area contributed by atoms with Crippen LogP contribution >= 0.6 is 0 Å². The normalized spacial score (nSPS) is 19.7. The fraction of sp³-hybridized carbons (Fsp3) is 0.542. The number of urea groups is 1. The molecular formula is C48H63N9O8. The van der Waals surface area contributed by atoms with E-state index in [1.165, 1.54) is 0 Å². The van der Waals surface area contributed by atoms with Crippen LogP contribution in [0.1, 0.15) is 75.9 Å². The summed E-state index contributed by atoms with van der Waals surface area (Å²) in [5.41, 5.74) is 5.82. The lowest BCUT2D eigenvalue weighted by molar-refractivity contribution is -0.136. The van der Waals surface area contributed by atoms with Crippen LogP contribution in [0.2, 0.25) is 0 Å². The molecule has 5 aliphatic heterocycles. The smallest absolute Gasteiger partial charge is 0.317 e. The predicted octanol–water partition coefficient (Wildman–Crippen LogP) is 2.91. The molecule has 3 fully saturated rings. The summed E-state index contributed by atoms with van der Waals surface area (Å²) in [4.78, 5) is 89.6. The molecule has 1 atom stereocenters. The van der Waals surface area contributed by atoms with Gasteiger partial charge in [0, 0.05) is 82.3 Å². The van der Waals surface area contributed by atoms with Crippen molar-refractivity contribution in [1.82, 2.24) is 39.7 Å². The van der Waals surface area contributed by atoms with E-state index in [0.717, 1.165) is 122 Å². The maximum Gasteiger partial charge on any atom is 0.317 e. The lowest BCUT2D eigenvalue weighted by Gasteiger charge is -2.36. The number of benzene rings is 2. The maximum absolute atomic E-state index is 13.5. The molecule has 6 amide bonds. The molecule has 0 saturated carbocycles. The van der Waals surface area contributed by atoms with Crippen molar-refractivity contribution in [1.29, 1.82) is 0 Å². The van der Waals surface area contributed by atoms with E-state index in [2.05, 4.69) is 30.2 Å². The molecule has 65 heavy (non-hydrogen) atoms. The third kappa shape index (κ3) is 9.77. The number of methoxy groups -OCH3 is 2. The van der Waals surface area contributed by atoms with Gasteiger partial charge in [0.05, 0.1) is 37.5 Å². The number of aryl methyl sites for hydroxylation is 1. The number of hydrogen-bond donors (Lipinski definition) is 2. The Bertz CT molecular complexity index is 2360. The van der Waals surface area contributed by atoms with Crippen LogP contribution in [-0.2, 0) is 36.1 Å². The molecule has 0 bridgehead atoms. The Morgan fingerprint density at radius 1 is 0.785 bits per heavy atom. The second-order valence-electron chi connectivity index (χ2n) is 18.4. The summed E-state index contributed by atoms with van der Waals surface area (Å²) in [6.45, 7) is 9.60. The van der Waals surface area contributed by atoms with E-state index >= 15 is 0 Å². The van der Waals surface area contributed by atoms with Gasteiger partial charge in [-0.15, -0.1) is 0 Å². The lowest BCUT2D eigenvalue weighted by atomic mass is 9.91. The minimum atomic E-state index is -0.971. The van der Waals surface area contributed by atoms with Crippen molar-refractivity contribution in [3.8, 4) is 22.6 Å². The van der Waals surface area contributed by atoms with Crippen LogP contribution in [-0.4, -0.2) is 159 Å². The Labute approximate surface area is 380 Å². The lowest BCUT2D eigenvalue weighted by Crippen LogP contribution is -2.54. The average Bonchev–Trinajstić information content (AvgIpc) is 3.55. The molecule has 0 radical (unpaired) electrons. The minimum Gasteiger partial charge on any atom is -0.496 e. The van der Waals surface area contributed by atoms with Crippen molar-refractivity contribution in [3.05, 3.63) is 74.7 Å². The zero-order valence-corrected chi connectivity index (χ0v) is 38.5. The molecule has 2 N–H and O–H groups in total. The first kappa shape index (κ1) is 45.8. The van der Waals surface area contributed by atoms with Crippen molar-refractivity contribution in [3.63, 3.8) is 0 Å². The molecule has 3 aromatic rings. The number of likely N-dealkylation sites (tertiary alicyclic amines) is 1. The molecule has 1 aromatic heterocycles. The van der Waals surface area contributed by atoms with Crippen molar-refractivity contribution >= 4 is 35.3 Å². The van der Waals surface area contributed by atoms with Gasteiger partial charge in [-0.2, -0.15) is 0 Å². The summed E-state index contributed by atoms with van der Waals surface area (Å²) < 4.78 is 13.2. The number of hydrogen-bond acceptors (Lipinski definition) is 12. The highest BCUT2D eigenvalue weighted by atomic mass is 16.5. The van der Waals surface area contributed by atoms with E-state index in [-0.39, 0.29) is 31.0 Å². The highest BCUT2D eigenvalue weighted by Crippen LogP contribution is 2.38. The first-order chi connectivity index (χ1) is 31.3. The van der Waals surface area contributed by atoms with Crippen molar-refractivity contribution in [2.75, 3.05) is 98.7 Å². The number of piperidine rings is 2. The number of nitrogens with one attached hydrogen (secondary N) is 2. The molecule has 1 unspecified atom stereocenters. The first-order valence-corrected chi connectivity index (χ1v) is 23.0. The maximum atomic E-state index is 13.5. The SMILES string of the molecule is COc1cc(-c2cn(C)c(=O)c3c2CCN(C(=O)NCC2CCN(CCCCN4CCN(c5ccc6c(c5)C(=O)N(C5CCC(=O)NC5=O)C6=O)CC4)CC2)C3)cc(OC)c1CN(C)C. The molecule has 5 aliphatic rings. The van der Waals surface area contributed by atoms with Gasteiger partial charge in [-0.1, -0.05) is 0 Å². The summed E-state index contributed by atoms with van der Waals surface area (Å²) in [6.07, 6.45) is 6.98. The van der Waals surface area contributed by atoms with Crippen LogP contribution in [0.5, 0.6) is 11.5 Å². The number of ether oxygens (including phenoxy) is 2. The number of pyridine rings is 1. The van der Waals surface area contributed by atoms with E-state index < -0.39 is 29.7 Å². The molecule has 8 rings (SSSR count). The van der Waals surface area contributed by atoms with E-state index in [1.54, 1.807) is 42.9 Å². The van der Waals surface area contributed by atoms with Gasteiger partial charge in [0.1, 0.15) is 17.5 Å². The number of imide groups is 2. The van der Waals surface area contributed by atoms with Crippen LogP contribution < -0.4 is 30.6 Å². The van der Waals surface area contributed by atoms with Gasteiger partial charge in [-0.05, 0) is 126 Å². The van der Waals surface area contributed by atoms with Gasteiger partial charge < -0.3 is 39.0 Å². The Morgan fingerprint density at radius 2 is 1.45 bits per heavy atom. The quantitative estimate of drug-likeness (QED) is 0.180. The number of carbonyl (C=O) groups excluding carboxylic acids is 5. The van der Waals surface area contributed by atoms with Gasteiger partial charge in [-0.3, -0.25) is 39.1 Å². The third-order valence-corrected chi connectivity index (χ3v) is 13.9. The summed E-state index contributed by atoms with van der Waals surface area (Å²) in [5.74, 6) is -0.105. The number of aromatic nitrogens is 1. The number of carbonyl (C=O) groups is 5. The zero-order chi connectivity index (χ0) is 45.9. The fourth-order valence-electron chi connectivity index (χ4n) is 10.1. The highest BCUT2D eigenvalue weighted by Gasteiger charge is 2.45. The van der Waals surface area contributed by atoms with E-state index in [9.17, 15) is 28.8 Å². The number of fused-ring (bicyclic) bond motifs is 2. The Balaban J connectivity index is 0.747. The average molecular weight is 894 g/mol. The Morgan fingerprint density at radius 3 is 2.09 bits per heavy atom. The van der Waals surface area contributed by atoms with Gasteiger partial charge in [-0.25, -0.2) is 4.79 Å². The number of rotatable bonds is 14. The summed E-state index contributed by atoms with van der Waals surface area (Å²) in [6, 6.07) is 8.25. The van der Waals surface area contributed by atoms with Crippen molar-refractivity contribution in [2.45, 2.75) is 64.1 Å². The highest BCUT2D eigenvalue weighted by molar-refractivity contribution is 6.23. The topological polar surface area (TPSA) is 169 Å². The molecule has 348 valence electrons. The van der Waals surface area contributed by atoms with Crippen LogP contribution in [0.3, 0.4) is 0 Å². The van der Waals surface area contributed by atoms with Gasteiger partial charge in [0.15, 0.2) is 0 Å². The monoisotopic (exact) mass is 893 g/mol. The number of unbranched alkanes of at least 4 members (excludes halogenated alkanes) is 1. The van der Waals surface area contributed by atoms with Crippen molar-refractivity contribution in [2.24, 2.45) is 13.0 Å². The van der Waals surface area contributed by atoms with E-state index in [1.807, 2.05) is 38.5 Å². The first-order valence-electron chi connectivity index (χ1n) is 23.0. The number of amides is 6. The second-order valence-corrected chi connectivity index (χ2v) is 18.4. The molecule has 6 heterocycles. The molecule has 0 spiro atoms. The van der Waals surface area contributed by atoms with Crippen LogP contribution in [0, 0.1) is 5.92 Å². The molecule has 3 saturated heterocycles. The molecule has 0 aliphatic carbocycles. The molecule has 17 heteroatoms. The molecule has 2 aromatic carbocycles. The minimum absolute atomic E-state index is 0.0888. The summed E-state index contributed by atoms with van der Waals surface area (Å²) in [7, 11) is 9.07. The molecular weight excluding hydrogens is 831 g/mol. The Hall–Kier alpha value is -5.78.